The van der Waals surface area contributed by atoms with Crippen molar-refractivity contribution in [3.63, 3.8) is 0 Å². The van der Waals surface area contributed by atoms with Crippen molar-refractivity contribution in [2.45, 2.75) is 24.8 Å². The van der Waals surface area contributed by atoms with Crippen LogP contribution in [-0.2, 0) is 0 Å². The second kappa shape index (κ2) is 5.95. The van der Waals surface area contributed by atoms with Crippen molar-refractivity contribution in [3.8, 4) is 11.5 Å². The molecule has 1 aliphatic carbocycles. The van der Waals surface area contributed by atoms with Gasteiger partial charge in [0.25, 0.3) is 11.8 Å². The minimum atomic E-state index is -2.79. The van der Waals surface area contributed by atoms with Crippen molar-refractivity contribution in [1.29, 1.82) is 0 Å². The first-order valence-corrected chi connectivity index (χ1v) is 7.46. The Balaban J connectivity index is 1.41. The maximum Gasteiger partial charge on any atom is 0.314 e. The van der Waals surface area contributed by atoms with Gasteiger partial charge in [-0.25, -0.2) is 9.97 Å². The summed E-state index contributed by atoms with van der Waals surface area (Å²) in [7, 11) is 0. The summed E-state index contributed by atoms with van der Waals surface area (Å²) in [5.41, 5.74) is 1.69. The van der Waals surface area contributed by atoms with E-state index in [4.69, 9.17) is 4.42 Å². The summed E-state index contributed by atoms with van der Waals surface area (Å²) in [6, 6.07) is 10.5. The van der Waals surface area contributed by atoms with Crippen LogP contribution in [0.15, 0.2) is 47.1 Å². The molecule has 0 saturated heterocycles. The van der Waals surface area contributed by atoms with Crippen LogP contribution in [0.1, 0.15) is 30.2 Å². The van der Waals surface area contributed by atoms with E-state index in [9.17, 15) is 8.78 Å². The number of alkyl halides is 2. The summed E-state index contributed by atoms with van der Waals surface area (Å²) in [5, 5.41) is 10.1. The van der Waals surface area contributed by atoms with Gasteiger partial charge in [-0.3, -0.25) is 0 Å². The fourth-order valence-corrected chi connectivity index (χ4v) is 2.54. The van der Waals surface area contributed by atoms with Gasteiger partial charge in [0.05, 0.1) is 5.56 Å². The van der Waals surface area contributed by atoms with E-state index in [-0.39, 0.29) is 5.89 Å². The van der Waals surface area contributed by atoms with E-state index in [1.807, 2.05) is 18.2 Å². The van der Waals surface area contributed by atoms with Gasteiger partial charge in [0.1, 0.15) is 0 Å². The molecule has 1 aliphatic rings. The number of hydrogen-bond acceptors (Lipinski definition) is 6. The highest BCUT2D eigenvalue weighted by molar-refractivity contribution is 5.50. The lowest BCUT2D eigenvalue weighted by Gasteiger charge is -2.04. The average Bonchev–Trinajstić information content (AvgIpc) is 3.18. The number of hydrogen-bond donors (Lipinski definition) is 1. The van der Waals surface area contributed by atoms with Crippen molar-refractivity contribution < 1.29 is 13.2 Å². The van der Waals surface area contributed by atoms with Gasteiger partial charge in [0.2, 0.25) is 5.95 Å². The van der Waals surface area contributed by atoms with Gasteiger partial charge in [-0.15, -0.1) is 10.2 Å². The van der Waals surface area contributed by atoms with Crippen LogP contribution in [-0.4, -0.2) is 26.2 Å². The Morgan fingerprint density at radius 1 is 1.08 bits per heavy atom. The molecule has 0 bridgehead atoms. The van der Waals surface area contributed by atoms with E-state index < -0.39 is 12.3 Å². The third-order valence-corrected chi connectivity index (χ3v) is 3.86. The van der Waals surface area contributed by atoms with Crippen molar-refractivity contribution in [2.75, 3.05) is 5.32 Å². The molecule has 2 heterocycles. The molecule has 0 spiro atoms. The van der Waals surface area contributed by atoms with Gasteiger partial charge < -0.3 is 9.73 Å². The van der Waals surface area contributed by atoms with E-state index in [0.29, 0.717) is 23.5 Å². The Labute approximate surface area is 136 Å². The number of nitrogens with one attached hydrogen (secondary N) is 1. The Kier molecular flexibility index (Phi) is 3.64. The van der Waals surface area contributed by atoms with Crippen LogP contribution in [0.2, 0.25) is 0 Å². The van der Waals surface area contributed by atoms with E-state index in [1.54, 1.807) is 0 Å². The molecule has 1 N–H and O–H groups in total. The first kappa shape index (κ1) is 14.7. The summed E-state index contributed by atoms with van der Waals surface area (Å²) in [6.45, 7) is 0. The fraction of sp³-hybridized carbons (Fsp3) is 0.250. The molecule has 122 valence electrons. The molecular weight excluding hydrogens is 316 g/mol. The van der Waals surface area contributed by atoms with E-state index in [0.717, 1.165) is 6.42 Å². The molecule has 1 saturated carbocycles. The summed E-state index contributed by atoms with van der Waals surface area (Å²) in [5.74, 6) is 0.205. The van der Waals surface area contributed by atoms with Gasteiger partial charge in [0, 0.05) is 24.4 Å². The van der Waals surface area contributed by atoms with Gasteiger partial charge in [-0.1, -0.05) is 30.3 Å². The van der Waals surface area contributed by atoms with E-state index in [2.05, 4.69) is 37.6 Å². The number of anilines is 1. The normalized spacial score (nSPS) is 19.5. The Bertz CT molecular complexity index is 822. The number of nitrogens with zero attached hydrogens (tertiary/aromatic N) is 4. The molecule has 2 atom stereocenters. The lowest BCUT2D eigenvalue weighted by Crippen LogP contribution is -2.07. The maximum absolute atomic E-state index is 12.4. The third-order valence-electron chi connectivity index (χ3n) is 3.86. The molecule has 0 amide bonds. The second-order valence-corrected chi connectivity index (χ2v) is 5.55. The highest BCUT2D eigenvalue weighted by Crippen LogP contribution is 2.42. The largest absolute Gasteiger partial charge is 0.415 e. The molecule has 3 aromatic rings. The smallest absolute Gasteiger partial charge is 0.314 e. The maximum atomic E-state index is 12.4. The zero-order valence-electron chi connectivity index (χ0n) is 12.4. The molecule has 4 rings (SSSR count). The molecule has 2 unspecified atom stereocenters. The number of rotatable bonds is 5. The van der Waals surface area contributed by atoms with E-state index >= 15 is 0 Å². The molecule has 6 nitrogen and oxygen atoms in total. The van der Waals surface area contributed by atoms with Crippen LogP contribution in [0.3, 0.4) is 0 Å². The van der Waals surface area contributed by atoms with Crippen molar-refractivity contribution >= 4 is 5.95 Å². The fourth-order valence-electron chi connectivity index (χ4n) is 2.54. The van der Waals surface area contributed by atoms with Gasteiger partial charge in [0.15, 0.2) is 0 Å². The van der Waals surface area contributed by atoms with Crippen LogP contribution in [0.5, 0.6) is 0 Å². The number of halogens is 2. The minimum absolute atomic E-state index is 0.0227. The summed E-state index contributed by atoms with van der Waals surface area (Å²) in [4.78, 5) is 8.36. The van der Waals surface area contributed by atoms with Crippen LogP contribution >= 0.6 is 0 Å². The molecule has 1 aromatic carbocycles. The Morgan fingerprint density at radius 2 is 1.83 bits per heavy atom. The van der Waals surface area contributed by atoms with Gasteiger partial charge in [-0.05, 0) is 12.0 Å². The summed E-state index contributed by atoms with van der Waals surface area (Å²) >= 11 is 0. The first-order chi connectivity index (χ1) is 11.7. The molecule has 24 heavy (non-hydrogen) atoms. The number of aromatic nitrogens is 4. The predicted molar refractivity (Wildman–Crippen MR) is 81.5 cm³/mol. The van der Waals surface area contributed by atoms with E-state index in [1.165, 1.54) is 18.0 Å². The lowest BCUT2D eigenvalue weighted by molar-refractivity contribution is 0.116. The molecular formula is C16H13F2N5O. The van der Waals surface area contributed by atoms with Crippen LogP contribution in [0.25, 0.3) is 11.5 Å². The van der Waals surface area contributed by atoms with Crippen LogP contribution in [0, 0.1) is 0 Å². The molecule has 1 fully saturated rings. The second-order valence-electron chi connectivity index (χ2n) is 5.55. The Morgan fingerprint density at radius 3 is 2.50 bits per heavy atom. The average molecular weight is 329 g/mol. The zero-order chi connectivity index (χ0) is 16.5. The SMILES string of the molecule is FC(F)c1nnc(-c2cnc(NC3CC3c3ccccc3)nc2)o1. The molecule has 0 radical (unpaired) electrons. The molecule has 2 aromatic heterocycles. The standard InChI is InChI=1S/C16H13F2N5O/c17-13(18)15-23-22-14(24-15)10-7-19-16(20-8-10)21-12-6-11(12)9-4-2-1-3-5-9/h1-5,7-8,11-13H,6H2,(H,19,20,21). The topological polar surface area (TPSA) is 76.7 Å². The predicted octanol–water partition coefficient (Wildman–Crippen LogP) is 3.43. The zero-order valence-corrected chi connectivity index (χ0v) is 12.4. The monoisotopic (exact) mass is 329 g/mol. The molecule has 8 heteroatoms. The first-order valence-electron chi connectivity index (χ1n) is 7.46. The van der Waals surface area contributed by atoms with Crippen molar-refractivity contribution in [1.82, 2.24) is 20.2 Å². The van der Waals surface area contributed by atoms with Gasteiger partial charge >= 0.3 is 6.43 Å². The van der Waals surface area contributed by atoms with Crippen molar-refractivity contribution in [3.05, 3.63) is 54.2 Å². The summed E-state index contributed by atoms with van der Waals surface area (Å²) < 4.78 is 29.8. The lowest BCUT2D eigenvalue weighted by atomic mass is 10.1. The van der Waals surface area contributed by atoms with Gasteiger partial charge in [-0.2, -0.15) is 8.78 Å². The quantitative estimate of drug-likeness (QED) is 0.773. The summed E-state index contributed by atoms with van der Waals surface area (Å²) in [6.07, 6.45) is 1.17. The van der Waals surface area contributed by atoms with Crippen LogP contribution < -0.4 is 5.32 Å². The minimum Gasteiger partial charge on any atom is -0.415 e. The Hall–Kier alpha value is -2.90. The third kappa shape index (κ3) is 2.94. The van der Waals surface area contributed by atoms with Crippen LogP contribution in [0.4, 0.5) is 14.7 Å². The molecule has 0 aliphatic heterocycles. The highest BCUT2D eigenvalue weighted by atomic mass is 19.3. The number of benzene rings is 1. The highest BCUT2D eigenvalue weighted by Gasteiger charge is 2.38. The van der Waals surface area contributed by atoms with Crippen molar-refractivity contribution in [2.24, 2.45) is 0 Å².